The van der Waals surface area contributed by atoms with Crippen molar-refractivity contribution in [3.63, 3.8) is 0 Å². The first kappa shape index (κ1) is 29.9. The van der Waals surface area contributed by atoms with Crippen LogP contribution in [0.15, 0.2) is 109 Å². The van der Waals surface area contributed by atoms with E-state index in [0.29, 0.717) is 6.54 Å². The number of ether oxygens (including phenoxy) is 1. The number of ketones is 1. The molecule has 0 radical (unpaired) electrons. The molecular formula is C36H37N3O4. The maximum Gasteiger partial charge on any atom is 0.328 e. The van der Waals surface area contributed by atoms with E-state index in [-0.39, 0.29) is 35.8 Å². The monoisotopic (exact) mass is 575 g/mol. The van der Waals surface area contributed by atoms with Gasteiger partial charge in [-0.25, -0.2) is 4.79 Å². The standard InChI is InChI=1S/C36H37N3O4/c1-25(2)33(35(42)43-4)38(3)34(41)30-21-20-26(23-37-30)22-32(40)31-24-39(31)36(27-14-8-5-9-15-27,28-16-10-6-11-17-28)29-18-12-7-13-19-29/h5-21,23,25,31,33H,22,24H2,1-4H3/t31-,33-,39?/m0/s1. The number of nitrogens with zero attached hydrogens (tertiary/aromatic N) is 3. The first-order valence-electron chi connectivity index (χ1n) is 14.5. The quantitative estimate of drug-likeness (QED) is 0.140. The number of Topliss-reactive ketones (excluding diaryl/α,β-unsaturated/α-hetero) is 1. The SMILES string of the molecule is COC(=O)[C@H](C(C)C)N(C)C(=O)c1ccc(CC(=O)[C@@H]2CN2C(c2ccccc2)(c2ccccc2)c2ccccc2)cn1. The Morgan fingerprint density at radius 2 is 1.37 bits per heavy atom. The van der Waals surface area contributed by atoms with Crippen molar-refractivity contribution in [2.75, 3.05) is 20.7 Å². The lowest BCUT2D eigenvalue weighted by atomic mass is 9.76. The van der Waals surface area contributed by atoms with Crippen LogP contribution in [0.25, 0.3) is 0 Å². The van der Waals surface area contributed by atoms with Crippen LogP contribution in [0.3, 0.4) is 0 Å². The van der Waals surface area contributed by atoms with E-state index in [9.17, 15) is 14.4 Å². The van der Waals surface area contributed by atoms with Crippen molar-refractivity contribution in [1.29, 1.82) is 0 Å². The molecule has 220 valence electrons. The maximum atomic E-state index is 13.7. The summed E-state index contributed by atoms with van der Waals surface area (Å²) in [7, 11) is 2.88. The summed E-state index contributed by atoms with van der Waals surface area (Å²) in [5.41, 5.74) is 3.61. The number of hydrogen-bond acceptors (Lipinski definition) is 6. The molecule has 1 saturated heterocycles. The molecule has 2 heterocycles. The second-order valence-corrected chi connectivity index (χ2v) is 11.3. The van der Waals surface area contributed by atoms with Gasteiger partial charge in [0, 0.05) is 26.2 Å². The number of rotatable bonds is 11. The molecule has 0 aliphatic carbocycles. The highest BCUT2D eigenvalue weighted by Gasteiger charge is 2.55. The molecule has 1 fully saturated rings. The molecule has 0 N–H and O–H groups in total. The molecule has 1 aliphatic heterocycles. The van der Waals surface area contributed by atoms with E-state index in [4.69, 9.17) is 4.74 Å². The van der Waals surface area contributed by atoms with Crippen molar-refractivity contribution in [3.05, 3.63) is 137 Å². The molecule has 3 aromatic carbocycles. The maximum absolute atomic E-state index is 13.7. The molecular weight excluding hydrogens is 538 g/mol. The average Bonchev–Trinajstić information content (AvgIpc) is 3.84. The summed E-state index contributed by atoms with van der Waals surface area (Å²) < 4.78 is 4.89. The minimum Gasteiger partial charge on any atom is -0.467 e. The number of carbonyl (C=O) groups excluding carboxylic acids is 3. The molecule has 7 heteroatoms. The van der Waals surface area contributed by atoms with Gasteiger partial charge in [0.25, 0.3) is 5.91 Å². The minimum atomic E-state index is -0.722. The Hall–Kier alpha value is -4.62. The Balaban J connectivity index is 1.38. The second-order valence-electron chi connectivity index (χ2n) is 11.3. The number of methoxy groups -OCH3 is 1. The van der Waals surface area contributed by atoms with Gasteiger partial charge in [0.05, 0.1) is 18.7 Å². The van der Waals surface area contributed by atoms with Crippen molar-refractivity contribution >= 4 is 17.7 Å². The van der Waals surface area contributed by atoms with Crippen molar-refractivity contribution in [1.82, 2.24) is 14.8 Å². The predicted octanol–water partition coefficient (Wildman–Crippen LogP) is 5.14. The van der Waals surface area contributed by atoms with Gasteiger partial charge in [-0.05, 0) is 34.2 Å². The summed E-state index contributed by atoms with van der Waals surface area (Å²) in [5, 5.41) is 0. The van der Waals surface area contributed by atoms with Gasteiger partial charge >= 0.3 is 5.97 Å². The zero-order chi connectivity index (χ0) is 30.6. The molecule has 4 aromatic rings. The summed E-state index contributed by atoms with van der Waals surface area (Å²) in [6, 6.07) is 33.4. The second kappa shape index (κ2) is 12.7. The lowest BCUT2D eigenvalue weighted by molar-refractivity contribution is -0.147. The largest absolute Gasteiger partial charge is 0.467 e. The summed E-state index contributed by atoms with van der Waals surface area (Å²) in [6.07, 6.45) is 1.77. The first-order chi connectivity index (χ1) is 20.8. The smallest absolute Gasteiger partial charge is 0.328 e. The molecule has 1 aliphatic rings. The van der Waals surface area contributed by atoms with Gasteiger partial charge in [-0.2, -0.15) is 0 Å². The fourth-order valence-corrected chi connectivity index (χ4v) is 6.10. The lowest BCUT2D eigenvalue weighted by Gasteiger charge is -2.38. The number of pyridine rings is 1. The molecule has 1 unspecified atom stereocenters. The van der Waals surface area contributed by atoms with Gasteiger partial charge in [-0.15, -0.1) is 0 Å². The van der Waals surface area contributed by atoms with E-state index in [1.54, 1.807) is 25.4 Å². The van der Waals surface area contributed by atoms with E-state index in [1.807, 2.05) is 68.4 Å². The van der Waals surface area contributed by atoms with Crippen LogP contribution in [0.5, 0.6) is 0 Å². The number of aromatic nitrogens is 1. The predicted molar refractivity (Wildman–Crippen MR) is 165 cm³/mol. The minimum absolute atomic E-state index is 0.0933. The van der Waals surface area contributed by atoms with Gasteiger partial charge in [0.1, 0.15) is 11.7 Å². The third kappa shape index (κ3) is 5.86. The topological polar surface area (TPSA) is 79.6 Å². The Bertz CT molecular complexity index is 1460. The van der Waals surface area contributed by atoms with Gasteiger partial charge < -0.3 is 9.64 Å². The van der Waals surface area contributed by atoms with E-state index >= 15 is 0 Å². The molecule has 0 bridgehead atoms. The Morgan fingerprint density at radius 3 is 1.79 bits per heavy atom. The van der Waals surface area contributed by atoms with Gasteiger partial charge in [0.2, 0.25) is 0 Å². The van der Waals surface area contributed by atoms with Crippen LogP contribution in [0.4, 0.5) is 0 Å². The highest BCUT2D eigenvalue weighted by Crippen LogP contribution is 2.48. The van der Waals surface area contributed by atoms with Crippen molar-refractivity contribution in [2.45, 2.75) is 37.9 Å². The summed E-state index contributed by atoms with van der Waals surface area (Å²) in [5.74, 6) is -0.890. The van der Waals surface area contributed by atoms with Crippen LogP contribution in [-0.2, 0) is 26.3 Å². The Morgan fingerprint density at radius 1 is 0.860 bits per heavy atom. The molecule has 7 nitrogen and oxygen atoms in total. The molecule has 0 saturated carbocycles. The van der Waals surface area contributed by atoms with E-state index in [0.717, 1.165) is 22.3 Å². The summed E-state index contributed by atoms with van der Waals surface area (Å²) in [4.78, 5) is 47.1. The van der Waals surface area contributed by atoms with E-state index < -0.39 is 17.6 Å². The van der Waals surface area contributed by atoms with Crippen molar-refractivity contribution in [3.8, 4) is 0 Å². The molecule has 43 heavy (non-hydrogen) atoms. The number of hydrogen-bond donors (Lipinski definition) is 0. The van der Waals surface area contributed by atoms with Crippen LogP contribution in [-0.4, -0.2) is 65.2 Å². The number of likely N-dealkylation sites (N-methyl/N-ethyl adjacent to an activating group) is 1. The third-order valence-corrected chi connectivity index (χ3v) is 8.22. The third-order valence-electron chi connectivity index (χ3n) is 8.22. The van der Waals surface area contributed by atoms with Crippen molar-refractivity contribution in [2.24, 2.45) is 5.92 Å². The van der Waals surface area contributed by atoms with Crippen LogP contribution in [0.1, 0.15) is 46.6 Å². The number of amides is 1. The summed E-state index contributed by atoms with van der Waals surface area (Å²) >= 11 is 0. The average molecular weight is 576 g/mol. The first-order valence-corrected chi connectivity index (χ1v) is 14.5. The lowest BCUT2D eigenvalue weighted by Crippen LogP contribution is -2.46. The van der Waals surface area contributed by atoms with Crippen LogP contribution >= 0.6 is 0 Å². The zero-order valence-electron chi connectivity index (χ0n) is 25.0. The van der Waals surface area contributed by atoms with Crippen molar-refractivity contribution < 1.29 is 19.1 Å². The number of esters is 1. The molecule has 0 spiro atoms. The molecule has 1 amide bonds. The van der Waals surface area contributed by atoms with Gasteiger partial charge in [-0.3, -0.25) is 19.5 Å². The van der Waals surface area contributed by atoms with Gasteiger partial charge in [-0.1, -0.05) is 111 Å². The van der Waals surface area contributed by atoms with Crippen LogP contribution in [0, 0.1) is 5.92 Å². The highest BCUT2D eigenvalue weighted by atomic mass is 16.5. The normalized spacial score (nSPS) is 16.8. The Kier molecular flexibility index (Phi) is 8.83. The molecule has 1 aromatic heterocycles. The fraction of sp³-hybridized carbons (Fsp3) is 0.278. The van der Waals surface area contributed by atoms with Crippen LogP contribution < -0.4 is 0 Å². The van der Waals surface area contributed by atoms with E-state index in [1.165, 1.54) is 12.0 Å². The zero-order valence-corrected chi connectivity index (χ0v) is 25.0. The van der Waals surface area contributed by atoms with E-state index in [2.05, 4.69) is 46.3 Å². The van der Waals surface area contributed by atoms with Crippen LogP contribution in [0.2, 0.25) is 0 Å². The fourth-order valence-electron chi connectivity index (χ4n) is 6.10. The van der Waals surface area contributed by atoms with Gasteiger partial charge in [0.15, 0.2) is 5.78 Å². The molecule has 3 atom stereocenters. The highest BCUT2D eigenvalue weighted by molar-refractivity contribution is 5.95. The number of carbonyl (C=O) groups is 3. The Labute approximate surface area is 253 Å². The summed E-state index contributed by atoms with van der Waals surface area (Å²) in [6.45, 7) is 4.34. The molecule has 5 rings (SSSR count). The number of benzene rings is 3.